The molecule has 1 saturated carbocycles. The van der Waals surface area contributed by atoms with Gasteiger partial charge in [0.2, 0.25) is 0 Å². The summed E-state index contributed by atoms with van der Waals surface area (Å²) in [6, 6.07) is 0. The van der Waals surface area contributed by atoms with Crippen LogP contribution in [-0.4, -0.2) is 16.5 Å². The van der Waals surface area contributed by atoms with Crippen molar-refractivity contribution in [1.82, 2.24) is 0 Å². The first-order valence-corrected chi connectivity index (χ1v) is 4.91. The molecule has 1 aliphatic rings. The van der Waals surface area contributed by atoms with Crippen molar-refractivity contribution >= 4 is 29.0 Å². The lowest BCUT2D eigenvalue weighted by Crippen LogP contribution is -2.26. The summed E-state index contributed by atoms with van der Waals surface area (Å²) in [6.07, 6.45) is 4.86. The topological polar surface area (TPSA) is 17.1 Å². The molecule has 0 spiro atoms. The molecule has 11 heavy (non-hydrogen) atoms. The van der Waals surface area contributed by atoms with E-state index in [1.807, 2.05) is 0 Å². The van der Waals surface area contributed by atoms with E-state index in [2.05, 4.69) is 0 Å². The predicted molar refractivity (Wildman–Crippen MR) is 47.4 cm³/mol. The maximum atomic E-state index is 11.2. The minimum absolute atomic E-state index is 0.0213. The fourth-order valence-corrected chi connectivity index (χ4v) is 1.98. The molecule has 0 unspecified atom stereocenters. The van der Waals surface area contributed by atoms with Crippen LogP contribution in [0.4, 0.5) is 0 Å². The predicted octanol–water partition coefficient (Wildman–Crippen LogP) is 2.73. The first-order chi connectivity index (χ1) is 5.22. The molecular weight excluding hydrogens is 183 g/mol. The van der Waals surface area contributed by atoms with Crippen molar-refractivity contribution in [3.05, 3.63) is 0 Å². The van der Waals surface area contributed by atoms with Crippen LogP contribution in [0.25, 0.3) is 0 Å². The Labute approximate surface area is 77.1 Å². The number of Topliss-reactive ketones (excluding diaryl/α,β-unsaturated/α-hetero) is 1. The third-order valence-corrected chi connectivity index (χ3v) is 2.90. The number of hydrogen-bond acceptors (Lipinski definition) is 1. The van der Waals surface area contributed by atoms with Gasteiger partial charge in [-0.15, -0.1) is 23.2 Å². The van der Waals surface area contributed by atoms with Gasteiger partial charge < -0.3 is 0 Å². The third-order valence-electron chi connectivity index (χ3n) is 2.03. The lowest BCUT2D eigenvalue weighted by Gasteiger charge is -2.16. The average molecular weight is 195 g/mol. The lowest BCUT2D eigenvalue weighted by molar-refractivity contribution is -0.118. The molecule has 0 bridgehead atoms. The Bertz CT molecular complexity index is 133. The molecule has 64 valence electrons. The summed E-state index contributed by atoms with van der Waals surface area (Å²) in [6.45, 7) is 0. The summed E-state index contributed by atoms with van der Waals surface area (Å²) >= 11 is 11.6. The molecule has 1 nitrogen and oxygen atoms in total. The Morgan fingerprint density at radius 2 is 1.45 bits per heavy atom. The molecule has 1 aliphatic carbocycles. The van der Waals surface area contributed by atoms with Crippen LogP contribution in [0.3, 0.4) is 0 Å². The number of hydrogen-bond donors (Lipinski definition) is 0. The lowest BCUT2D eigenvalue weighted by atomic mass is 9.99. The molecule has 0 aromatic heterocycles. The number of alkyl halides is 2. The molecule has 0 heterocycles. The van der Waals surface area contributed by atoms with E-state index in [1.54, 1.807) is 0 Å². The molecule has 2 atom stereocenters. The van der Waals surface area contributed by atoms with E-state index in [1.165, 1.54) is 0 Å². The fraction of sp³-hybridized carbons (Fsp3) is 0.875. The highest BCUT2D eigenvalue weighted by atomic mass is 35.5. The van der Waals surface area contributed by atoms with Crippen molar-refractivity contribution in [1.29, 1.82) is 0 Å². The molecular formula is C8H12Cl2O. The number of halogens is 2. The van der Waals surface area contributed by atoms with Crippen molar-refractivity contribution in [2.75, 3.05) is 0 Å². The minimum atomic E-state index is -0.335. The van der Waals surface area contributed by atoms with E-state index in [-0.39, 0.29) is 16.5 Å². The maximum Gasteiger partial charge on any atom is 0.168 e. The SMILES string of the molecule is O=C1[C@@H](Cl)CCCCC[C@@H]1Cl. The van der Waals surface area contributed by atoms with Gasteiger partial charge in [0, 0.05) is 0 Å². The Kier molecular flexibility index (Phi) is 3.67. The molecule has 0 aromatic rings. The van der Waals surface area contributed by atoms with Gasteiger partial charge >= 0.3 is 0 Å². The summed E-state index contributed by atoms with van der Waals surface area (Å²) in [4.78, 5) is 11.2. The first-order valence-electron chi connectivity index (χ1n) is 4.03. The molecule has 1 fully saturated rings. The van der Waals surface area contributed by atoms with Crippen LogP contribution in [0.2, 0.25) is 0 Å². The summed E-state index contributed by atoms with van der Waals surface area (Å²) in [5.41, 5.74) is 0. The van der Waals surface area contributed by atoms with E-state index >= 15 is 0 Å². The zero-order valence-corrected chi connectivity index (χ0v) is 7.87. The number of carbonyl (C=O) groups excluding carboxylic acids is 1. The highest BCUT2D eigenvalue weighted by molar-refractivity contribution is 6.40. The van der Waals surface area contributed by atoms with Crippen LogP contribution in [-0.2, 0) is 4.79 Å². The highest BCUT2D eigenvalue weighted by Crippen LogP contribution is 2.21. The van der Waals surface area contributed by atoms with Gasteiger partial charge in [-0.1, -0.05) is 19.3 Å². The van der Waals surface area contributed by atoms with Gasteiger partial charge in [0.1, 0.15) is 0 Å². The zero-order chi connectivity index (χ0) is 8.27. The van der Waals surface area contributed by atoms with Gasteiger partial charge in [0.05, 0.1) is 10.8 Å². The van der Waals surface area contributed by atoms with Crippen molar-refractivity contribution in [3.63, 3.8) is 0 Å². The Morgan fingerprint density at radius 3 is 1.91 bits per heavy atom. The van der Waals surface area contributed by atoms with Crippen LogP contribution in [0.5, 0.6) is 0 Å². The number of ketones is 1. The van der Waals surface area contributed by atoms with Gasteiger partial charge in [0.15, 0.2) is 5.78 Å². The van der Waals surface area contributed by atoms with Crippen LogP contribution in [0, 0.1) is 0 Å². The van der Waals surface area contributed by atoms with Gasteiger partial charge in [-0.25, -0.2) is 0 Å². The summed E-state index contributed by atoms with van der Waals surface area (Å²) < 4.78 is 0. The van der Waals surface area contributed by atoms with Crippen LogP contribution in [0.15, 0.2) is 0 Å². The molecule has 0 radical (unpaired) electrons. The Morgan fingerprint density at radius 1 is 1.00 bits per heavy atom. The number of rotatable bonds is 0. The fourth-order valence-electron chi connectivity index (χ4n) is 1.30. The number of carbonyl (C=O) groups is 1. The third kappa shape index (κ3) is 2.64. The summed E-state index contributed by atoms with van der Waals surface area (Å²) in [5, 5.41) is -0.671. The van der Waals surface area contributed by atoms with Crippen molar-refractivity contribution in [2.45, 2.75) is 42.9 Å². The van der Waals surface area contributed by atoms with Crippen molar-refractivity contribution in [2.24, 2.45) is 0 Å². The smallest absolute Gasteiger partial charge is 0.168 e. The Balaban J connectivity index is 2.49. The highest BCUT2D eigenvalue weighted by Gasteiger charge is 2.24. The molecule has 0 aromatic carbocycles. The molecule has 0 aliphatic heterocycles. The molecule has 0 amide bonds. The van der Waals surface area contributed by atoms with E-state index in [9.17, 15) is 4.79 Å². The quantitative estimate of drug-likeness (QED) is 0.543. The second kappa shape index (κ2) is 4.32. The standard InChI is InChI=1S/C8H12Cl2O/c9-6-4-2-1-3-5-7(10)8(6)11/h6-7H,1-5H2/t6-,7-/m0/s1. The molecule has 1 rings (SSSR count). The van der Waals surface area contributed by atoms with Gasteiger partial charge in [0.25, 0.3) is 0 Å². The van der Waals surface area contributed by atoms with Crippen molar-refractivity contribution < 1.29 is 4.79 Å². The summed E-state index contributed by atoms with van der Waals surface area (Å²) in [7, 11) is 0. The van der Waals surface area contributed by atoms with Crippen LogP contribution < -0.4 is 0 Å². The second-order valence-corrected chi connectivity index (χ2v) is 4.03. The maximum absolute atomic E-state index is 11.2. The minimum Gasteiger partial charge on any atom is -0.296 e. The monoisotopic (exact) mass is 194 g/mol. The Hall–Kier alpha value is 0.250. The van der Waals surface area contributed by atoms with Gasteiger partial charge in [-0.2, -0.15) is 0 Å². The largest absolute Gasteiger partial charge is 0.296 e. The van der Waals surface area contributed by atoms with Gasteiger partial charge in [-0.05, 0) is 12.8 Å². The van der Waals surface area contributed by atoms with E-state index in [0.717, 1.165) is 32.1 Å². The molecule has 0 saturated heterocycles. The second-order valence-electron chi connectivity index (χ2n) is 2.98. The molecule has 3 heteroatoms. The first kappa shape index (κ1) is 9.34. The summed E-state index contributed by atoms with van der Waals surface area (Å²) in [5.74, 6) is 0.0213. The normalized spacial score (nSPS) is 34.5. The van der Waals surface area contributed by atoms with E-state index in [4.69, 9.17) is 23.2 Å². The van der Waals surface area contributed by atoms with E-state index < -0.39 is 0 Å². The van der Waals surface area contributed by atoms with Crippen LogP contribution >= 0.6 is 23.2 Å². The molecule has 0 N–H and O–H groups in total. The van der Waals surface area contributed by atoms with Crippen molar-refractivity contribution in [3.8, 4) is 0 Å². The van der Waals surface area contributed by atoms with Gasteiger partial charge in [-0.3, -0.25) is 4.79 Å². The zero-order valence-electron chi connectivity index (χ0n) is 6.35. The van der Waals surface area contributed by atoms with Crippen LogP contribution in [0.1, 0.15) is 32.1 Å². The average Bonchev–Trinajstić information content (AvgIpc) is 2.00. The van der Waals surface area contributed by atoms with E-state index in [0.29, 0.717) is 0 Å².